The Kier molecular flexibility index (Phi) is 5.38. The summed E-state index contributed by atoms with van der Waals surface area (Å²) in [5, 5.41) is 6.52. The first-order chi connectivity index (χ1) is 11.6. The Hall–Kier alpha value is -1.63. The van der Waals surface area contributed by atoms with Crippen LogP contribution in [-0.2, 0) is 16.0 Å². The van der Waals surface area contributed by atoms with Gasteiger partial charge in [0.05, 0.1) is 19.8 Å². The molecule has 132 valence electrons. The molecule has 2 aliphatic rings. The number of carbonyl (C=O) groups excluding carboxylic acids is 1. The molecule has 1 aromatic carbocycles. The zero-order valence-electron chi connectivity index (χ0n) is 14.5. The largest absolute Gasteiger partial charge is 0.382 e. The van der Waals surface area contributed by atoms with Crippen LogP contribution in [0.25, 0.3) is 0 Å². The van der Waals surface area contributed by atoms with E-state index in [-0.39, 0.29) is 6.03 Å². The van der Waals surface area contributed by atoms with Gasteiger partial charge in [-0.2, -0.15) is 0 Å². The molecule has 1 saturated heterocycles. The highest BCUT2D eigenvalue weighted by Gasteiger charge is 2.34. The van der Waals surface area contributed by atoms with Crippen LogP contribution in [0.4, 0.5) is 4.79 Å². The molecule has 2 N–H and O–H groups in total. The minimum absolute atomic E-state index is 0.0244. The minimum atomic E-state index is -0.427. The van der Waals surface area contributed by atoms with E-state index in [0.29, 0.717) is 38.8 Å². The number of methoxy groups -OCH3 is 1. The number of hydrogen-bond acceptors (Lipinski definition) is 4. The lowest BCUT2D eigenvalue weighted by atomic mass is 9.91. The molecule has 3 rings (SSSR count). The van der Waals surface area contributed by atoms with Crippen LogP contribution in [0.2, 0.25) is 0 Å². The zero-order chi connectivity index (χ0) is 17.0. The van der Waals surface area contributed by atoms with Crippen molar-refractivity contribution in [1.29, 1.82) is 0 Å². The third-order valence-corrected chi connectivity index (χ3v) is 4.77. The Labute approximate surface area is 143 Å². The summed E-state index contributed by atoms with van der Waals surface area (Å²) < 4.78 is 11.0. The summed E-state index contributed by atoms with van der Waals surface area (Å²) in [5.74, 6) is 0.310. The maximum atomic E-state index is 12.5. The quantitative estimate of drug-likeness (QED) is 0.872. The lowest BCUT2D eigenvalue weighted by Crippen LogP contribution is -2.56. The van der Waals surface area contributed by atoms with Gasteiger partial charge >= 0.3 is 6.03 Å². The van der Waals surface area contributed by atoms with Gasteiger partial charge in [-0.25, -0.2) is 4.79 Å². The van der Waals surface area contributed by atoms with Gasteiger partial charge in [0.15, 0.2) is 0 Å². The fourth-order valence-corrected chi connectivity index (χ4v) is 3.59. The Balaban J connectivity index is 1.56. The van der Waals surface area contributed by atoms with Gasteiger partial charge in [-0.15, -0.1) is 0 Å². The van der Waals surface area contributed by atoms with Crippen LogP contribution in [0.5, 0.6) is 0 Å². The van der Waals surface area contributed by atoms with Gasteiger partial charge in [-0.05, 0) is 18.1 Å². The van der Waals surface area contributed by atoms with E-state index in [1.54, 1.807) is 7.11 Å². The second-order valence-corrected chi connectivity index (χ2v) is 6.87. The Morgan fingerprint density at radius 1 is 1.50 bits per heavy atom. The molecule has 0 radical (unpaired) electrons. The van der Waals surface area contributed by atoms with Crippen LogP contribution in [0.1, 0.15) is 24.0 Å². The highest BCUT2D eigenvalue weighted by molar-refractivity contribution is 5.74. The number of hydrogen-bond donors (Lipinski definition) is 2. The number of nitrogens with zero attached hydrogens (tertiary/aromatic N) is 1. The van der Waals surface area contributed by atoms with Gasteiger partial charge in [0.2, 0.25) is 0 Å². The summed E-state index contributed by atoms with van der Waals surface area (Å²) >= 11 is 0. The van der Waals surface area contributed by atoms with Crippen molar-refractivity contribution >= 4 is 6.03 Å². The summed E-state index contributed by atoms with van der Waals surface area (Å²) in [7, 11) is 1.65. The maximum absolute atomic E-state index is 12.5. The van der Waals surface area contributed by atoms with E-state index in [0.717, 1.165) is 13.1 Å². The summed E-state index contributed by atoms with van der Waals surface area (Å²) in [4.78, 5) is 14.4. The maximum Gasteiger partial charge on any atom is 0.317 e. The molecule has 2 aliphatic heterocycles. The summed E-state index contributed by atoms with van der Waals surface area (Å²) in [6.07, 6.45) is 0. The van der Waals surface area contributed by atoms with E-state index >= 15 is 0 Å². The van der Waals surface area contributed by atoms with Crippen molar-refractivity contribution in [2.24, 2.45) is 0 Å². The first-order valence-corrected chi connectivity index (χ1v) is 8.55. The van der Waals surface area contributed by atoms with Gasteiger partial charge in [-0.1, -0.05) is 24.3 Å². The van der Waals surface area contributed by atoms with Gasteiger partial charge in [0.1, 0.15) is 5.60 Å². The van der Waals surface area contributed by atoms with Crippen molar-refractivity contribution in [3.63, 3.8) is 0 Å². The molecule has 0 aromatic heterocycles. The lowest BCUT2D eigenvalue weighted by Gasteiger charge is -2.40. The van der Waals surface area contributed by atoms with Crippen molar-refractivity contribution in [2.75, 3.05) is 46.5 Å². The topological polar surface area (TPSA) is 62.8 Å². The highest BCUT2D eigenvalue weighted by Crippen LogP contribution is 2.23. The van der Waals surface area contributed by atoms with E-state index in [4.69, 9.17) is 9.47 Å². The molecular weight excluding hydrogens is 306 g/mol. The average Bonchev–Trinajstić information content (AvgIpc) is 2.59. The molecule has 2 atom stereocenters. The van der Waals surface area contributed by atoms with Crippen LogP contribution in [0.3, 0.4) is 0 Å². The smallest absolute Gasteiger partial charge is 0.317 e. The molecule has 2 amide bonds. The molecule has 0 bridgehead atoms. The minimum Gasteiger partial charge on any atom is -0.382 e. The van der Waals surface area contributed by atoms with Crippen molar-refractivity contribution in [2.45, 2.75) is 25.0 Å². The number of benzene rings is 1. The molecule has 1 fully saturated rings. The second kappa shape index (κ2) is 7.51. The van der Waals surface area contributed by atoms with Crippen LogP contribution in [0, 0.1) is 0 Å². The normalized spacial score (nSPS) is 26.8. The van der Waals surface area contributed by atoms with E-state index in [1.165, 1.54) is 11.1 Å². The SMILES string of the molecule is COCC1(C)CN(C(=O)NCC2CNCc3ccccc32)CCO1. The van der Waals surface area contributed by atoms with Crippen molar-refractivity contribution in [3.05, 3.63) is 35.4 Å². The van der Waals surface area contributed by atoms with Gasteiger partial charge < -0.3 is 25.0 Å². The van der Waals surface area contributed by atoms with Crippen LogP contribution >= 0.6 is 0 Å². The number of urea groups is 1. The Bertz CT molecular complexity index is 576. The third kappa shape index (κ3) is 3.88. The Morgan fingerprint density at radius 3 is 3.17 bits per heavy atom. The molecule has 24 heavy (non-hydrogen) atoms. The first-order valence-electron chi connectivity index (χ1n) is 8.55. The van der Waals surface area contributed by atoms with Gasteiger partial charge in [0, 0.05) is 39.2 Å². The number of morpholine rings is 1. The number of ether oxygens (including phenoxy) is 2. The molecule has 0 spiro atoms. The second-order valence-electron chi connectivity index (χ2n) is 6.87. The lowest BCUT2D eigenvalue weighted by molar-refractivity contribution is -0.118. The van der Waals surface area contributed by atoms with E-state index < -0.39 is 5.60 Å². The fraction of sp³-hybridized carbons (Fsp3) is 0.611. The molecule has 2 heterocycles. The highest BCUT2D eigenvalue weighted by atomic mass is 16.5. The zero-order valence-corrected chi connectivity index (χ0v) is 14.5. The monoisotopic (exact) mass is 333 g/mol. The number of amides is 2. The predicted molar refractivity (Wildman–Crippen MR) is 92.1 cm³/mol. The number of carbonyl (C=O) groups is 1. The third-order valence-electron chi connectivity index (χ3n) is 4.77. The van der Waals surface area contributed by atoms with Crippen molar-refractivity contribution < 1.29 is 14.3 Å². The van der Waals surface area contributed by atoms with Crippen molar-refractivity contribution in [1.82, 2.24) is 15.5 Å². The molecule has 1 aromatic rings. The predicted octanol–water partition coefficient (Wildman–Crippen LogP) is 1.32. The first kappa shape index (κ1) is 17.2. The van der Waals surface area contributed by atoms with Crippen LogP contribution in [-0.4, -0.2) is 63.0 Å². The molecule has 2 unspecified atom stereocenters. The van der Waals surface area contributed by atoms with Gasteiger partial charge in [-0.3, -0.25) is 0 Å². The molecule has 0 aliphatic carbocycles. The average molecular weight is 333 g/mol. The molecular formula is C18H27N3O3. The van der Waals surface area contributed by atoms with E-state index in [1.807, 2.05) is 11.8 Å². The van der Waals surface area contributed by atoms with Crippen LogP contribution in [0.15, 0.2) is 24.3 Å². The standard InChI is InChI=1S/C18H27N3O3/c1-18(13-23-2)12-21(7-8-24-18)17(22)20-11-15-10-19-9-14-5-3-4-6-16(14)15/h3-6,15,19H,7-13H2,1-2H3,(H,20,22). The Morgan fingerprint density at radius 2 is 2.33 bits per heavy atom. The van der Waals surface area contributed by atoms with Crippen LogP contribution < -0.4 is 10.6 Å². The van der Waals surface area contributed by atoms with Gasteiger partial charge in [0.25, 0.3) is 0 Å². The fourth-order valence-electron chi connectivity index (χ4n) is 3.59. The molecule has 6 heteroatoms. The molecule has 6 nitrogen and oxygen atoms in total. The summed E-state index contributed by atoms with van der Waals surface area (Å²) in [6.45, 7) is 6.61. The number of rotatable bonds is 4. The van der Waals surface area contributed by atoms with E-state index in [2.05, 4.69) is 34.9 Å². The number of fused-ring (bicyclic) bond motifs is 1. The summed E-state index contributed by atoms with van der Waals surface area (Å²) in [6, 6.07) is 8.41. The van der Waals surface area contributed by atoms with Crippen molar-refractivity contribution in [3.8, 4) is 0 Å². The van der Waals surface area contributed by atoms with E-state index in [9.17, 15) is 4.79 Å². The number of nitrogens with one attached hydrogen (secondary N) is 2. The summed E-state index contributed by atoms with van der Waals surface area (Å²) in [5.41, 5.74) is 2.23. The molecule has 0 saturated carbocycles.